The molecule has 0 rings (SSSR count). The van der Waals surface area contributed by atoms with Gasteiger partial charge in [0.05, 0.1) is 39.9 Å². The van der Waals surface area contributed by atoms with E-state index in [-0.39, 0.29) is 19.1 Å². The third kappa shape index (κ3) is 48.6. The molecule has 0 bridgehead atoms. The second-order valence-electron chi connectivity index (χ2n) is 17.8. The summed E-state index contributed by atoms with van der Waals surface area (Å²) in [6.45, 7) is 4.62. The lowest BCUT2D eigenvalue weighted by Crippen LogP contribution is -2.45. The molecule has 65 heavy (non-hydrogen) atoms. The summed E-state index contributed by atoms with van der Waals surface area (Å²) in [5.41, 5.74) is 0. The Kier molecular flexibility index (Phi) is 43.8. The highest BCUT2D eigenvalue weighted by atomic mass is 31.2. The average Bonchev–Trinajstić information content (AvgIpc) is 3.26. The number of phosphoric ester groups is 1. The lowest BCUT2D eigenvalue weighted by molar-refractivity contribution is -0.870. The number of phosphoric acid groups is 1. The van der Waals surface area contributed by atoms with E-state index in [1.165, 1.54) is 44.9 Å². The van der Waals surface area contributed by atoms with Gasteiger partial charge in [0, 0.05) is 6.42 Å². The molecule has 370 valence electrons. The summed E-state index contributed by atoms with van der Waals surface area (Å²) in [5.74, 6) is -0.217. The number of quaternary nitrogens is 1. The fourth-order valence-electron chi connectivity index (χ4n) is 6.40. The molecule has 8 nitrogen and oxygen atoms in total. The van der Waals surface area contributed by atoms with Crippen LogP contribution in [0.1, 0.15) is 174 Å². The summed E-state index contributed by atoms with van der Waals surface area (Å²) < 4.78 is 23.6. The number of aliphatic hydroxyl groups excluding tert-OH is 1. The maximum atomic E-state index is 12.9. The van der Waals surface area contributed by atoms with Gasteiger partial charge in [-0.25, -0.2) is 4.57 Å². The van der Waals surface area contributed by atoms with Crippen molar-refractivity contribution >= 4 is 13.7 Å². The summed E-state index contributed by atoms with van der Waals surface area (Å²) in [5, 5.41) is 13.8. The zero-order chi connectivity index (χ0) is 47.8. The number of amides is 1. The van der Waals surface area contributed by atoms with Crippen LogP contribution in [-0.4, -0.2) is 73.4 Å². The van der Waals surface area contributed by atoms with Crippen molar-refractivity contribution in [2.45, 2.75) is 187 Å². The van der Waals surface area contributed by atoms with Gasteiger partial charge in [0.15, 0.2) is 0 Å². The fraction of sp³-hybridized carbons (Fsp3) is 0.625. The first kappa shape index (κ1) is 61.9. The highest BCUT2D eigenvalue weighted by Gasteiger charge is 2.27. The lowest BCUT2D eigenvalue weighted by atomic mass is 10.1. The lowest BCUT2D eigenvalue weighted by Gasteiger charge is -2.25. The van der Waals surface area contributed by atoms with Crippen molar-refractivity contribution in [3.8, 4) is 0 Å². The van der Waals surface area contributed by atoms with E-state index < -0.39 is 20.0 Å². The molecule has 0 fully saturated rings. The number of hydrogen-bond acceptors (Lipinski definition) is 5. The Bertz CT molecular complexity index is 1460. The van der Waals surface area contributed by atoms with Gasteiger partial charge >= 0.3 is 7.82 Å². The predicted molar refractivity (Wildman–Crippen MR) is 281 cm³/mol. The number of rotatable bonds is 44. The van der Waals surface area contributed by atoms with Gasteiger partial charge in [-0.15, -0.1) is 0 Å². The SMILES string of the molecule is CC/C=C\C/C=C\C/C=C\C/C=C\C/C=C\C/C=C\C/C=C\CCCCCCCC(=O)NC(COP(=O)(O)OCC[N+](C)(C)C)C(O)/C=C/CC/C=C/CC/C=C/CCCCCCCC. The largest absolute Gasteiger partial charge is 0.472 e. The van der Waals surface area contributed by atoms with Crippen molar-refractivity contribution in [3.63, 3.8) is 0 Å². The molecule has 0 aliphatic rings. The Morgan fingerprint density at radius 2 is 0.938 bits per heavy atom. The van der Waals surface area contributed by atoms with Crippen molar-refractivity contribution < 1.29 is 32.9 Å². The zero-order valence-electron chi connectivity index (χ0n) is 41.9. The van der Waals surface area contributed by atoms with E-state index in [1.807, 2.05) is 27.2 Å². The molecular formula is C56H96N2O6P+. The zero-order valence-corrected chi connectivity index (χ0v) is 42.8. The molecule has 0 aliphatic carbocycles. The Labute approximate surface area is 399 Å². The Balaban J connectivity index is 4.43. The first-order chi connectivity index (χ1) is 31.5. The molecule has 0 spiro atoms. The standard InChI is InChI=1S/C56H95N2O6P/c1-6-8-10-12-14-16-18-20-22-24-25-26-27-28-29-30-31-32-33-34-36-38-40-42-44-46-48-50-56(60)57-54(53-64-65(61,62)63-52-51-58(3,4)5)55(59)49-47-45-43-41-39-37-35-23-21-19-17-15-13-11-9-7-2/h8,10,14,16,20-23,25-26,28-29,31-32,34,36,39,41,47,49,54-55,59H,6-7,9,11-13,15,17-19,24,27,30,33,35,37-38,40,42-46,48,50-53H2,1-5H3,(H-,57,60,61,62)/p+1/b10-8-,16-14-,22-20-,23-21+,26-25-,29-28-,32-31-,36-34-,41-39+,49-47+. The number of nitrogens with zero attached hydrogens (tertiary/aromatic N) is 1. The summed E-state index contributed by atoms with van der Waals surface area (Å²) in [4.78, 5) is 23.2. The third-order valence-corrected chi connectivity index (χ3v) is 11.4. The molecule has 0 aromatic heterocycles. The number of allylic oxidation sites excluding steroid dienone is 19. The average molecular weight is 924 g/mol. The summed E-state index contributed by atoms with van der Waals surface area (Å²) in [6.07, 6.45) is 68.5. The minimum absolute atomic E-state index is 0.0420. The second-order valence-corrected chi connectivity index (χ2v) is 19.2. The molecule has 0 aromatic carbocycles. The second kappa shape index (κ2) is 46.0. The fourth-order valence-corrected chi connectivity index (χ4v) is 7.14. The minimum Gasteiger partial charge on any atom is -0.387 e. The third-order valence-electron chi connectivity index (χ3n) is 10.4. The van der Waals surface area contributed by atoms with E-state index in [2.05, 4.69) is 129 Å². The van der Waals surface area contributed by atoms with E-state index in [1.54, 1.807) is 6.08 Å². The van der Waals surface area contributed by atoms with Gasteiger partial charge in [-0.1, -0.05) is 187 Å². The molecule has 0 saturated heterocycles. The quantitative estimate of drug-likeness (QED) is 0.0243. The van der Waals surface area contributed by atoms with Crippen LogP contribution in [0.2, 0.25) is 0 Å². The van der Waals surface area contributed by atoms with Crippen LogP contribution in [0, 0.1) is 0 Å². The monoisotopic (exact) mass is 924 g/mol. The summed E-state index contributed by atoms with van der Waals surface area (Å²) in [7, 11) is 1.51. The van der Waals surface area contributed by atoms with Gasteiger partial charge in [-0.05, 0) is 103 Å². The van der Waals surface area contributed by atoms with Crippen molar-refractivity contribution in [1.29, 1.82) is 0 Å². The van der Waals surface area contributed by atoms with Crippen LogP contribution >= 0.6 is 7.82 Å². The van der Waals surface area contributed by atoms with Gasteiger partial charge < -0.3 is 19.8 Å². The molecular weight excluding hydrogens is 828 g/mol. The van der Waals surface area contributed by atoms with Crippen LogP contribution < -0.4 is 5.32 Å². The minimum atomic E-state index is -4.37. The molecule has 0 saturated carbocycles. The van der Waals surface area contributed by atoms with E-state index >= 15 is 0 Å². The number of nitrogens with one attached hydrogen (secondary N) is 1. The first-order valence-corrected chi connectivity index (χ1v) is 26.9. The van der Waals surface area contributed by atoms with Gasteiger partial charge in [0.25, 0.3) is 0 Å². The number of carbonyl (C=O) groups is 1. The van der Waals surface area contributed by atoms with E-state index in [0.717, 1.165) is 109 Å². The van der Waals surface area contributed by atoms with E-state index in [4.69, 9.17) is 9.05 Å². The highest BCUT2D eigenvalue weighted by Crippen LogP contribution is 2.43. The maximum Gasteiger partial charge on any atom is 0.472 e. The number of aliphatic hydroxyl groups is 1. The van der Waals surface area contributed by atoms with Crippen LogP contribution in [0.25, 0.3) is 0 Å². The molecule has 3 atom stereocenters. The topological polar surface area (TPSA) is 105 Å². The van der Waals surface area contributed by atoms with Crippen molar-refractivity contribution in [1.82, 2.24) is 5.32 Å². The number of carbonyl (C=O) groups excluding carboxylic acids is 1. The Morgan fingerprint density at radius 3 is 1.42 bits per heavy atom. The summed E-state index contributed by atoms with van der Waals surface area (Å²) >= 11 is 0. The van der Waals surface area contributed by atoms with Gasteiger partial charge in [-0.2, -0.15) is 0 Å². The van der Waals surface area contributed by atoms with Crippen LogP contribution in [0.3, 0.4) is 0 Å². The molecule has 1 amide bonds. The molecule has 9 heteroatoms. The number of unbranched alkanes of at least 4 members (excludes halogenated alkanes) is 13. The Morgan fingerprint density at radius 1 is 0.538 bits per heavy atom. The normalized spacial score (nSPS) is 15.1. The van der Waals surface area contributed by atoms with E-state index in [9.17, 15) is 19.4 Å². The van der Waals surface area contributed by atoms with Crippen LogP contribution in [-0.2, 0) is 18.4 Å². The molecule has 3 unspecified atom stereocenters. The van der Waals surface area contributed by atoms with Crippen molar-refractivity contribution in [2.24, 2.45) is 0 Å². The molecule has 0 aromatic rings. The van der Waals surface area contributed by atoms with Crippen LogP contribution in [0.15, 0.2) is 122 Å². The molecule has 0 aliphatic heterocycles. The van der Waals surface area contributed by atoms with Crippen LogP contribution in [0.5, 0.6) is 0 Å². The number of hydrogen-bond donors (Lipinski definition) is 3. The molecule has 3 N–H and O–H groups in total. The van der Waals surface area contributed by atoms with Gasteiger partial charge in [-0.3, -0.25) is 13.8 Å². The van der Waals surface area contributed by atoms with E-state index in [0.29, 0.717) is 17.4 Å². The molecule has 0 heterocycles. The van der Waals surface area contributed by atoms with Gasteiger partial charge in [0.2, 0.25) is 5.91 Å². The molecule has 0 radical (unpaired) electrons. The highest BCUT2D eigenvalue weighted by molar-refractivity contribution is 7.47. The van der Waals surface area contributed by atoms with Gasteiger partial charge in [0.1, 0.15) is 13.2 Å². The van der Waals surface area contributed by atoms with Crippen LogP contribution in [0.4, 0.5) is 0 Å². The smallest absolute Gasteiger partial charge is 0.387 e. The van der Waals surface area contributed by atoms with Crippen molar-refractivity contribution in [2.75, 3.05) is 40.9 Å². The number of likely N-dealkylation sites (N-methyl/N-ethyl adjacent to an activating group) is 1. The maximum absolute atomic E-state index is 12.9. The predicted octanol–water partition coefficient (Wildman–Crippen LogP) is 15.0. The Hall–Kier alpha value is -3.10. The van der Waals surface area contributed by atoms with Crippen molar-refractivity contribution in [3.05, 3.63) is 122 Å². The summed E-state index contributed by atoms with van der Waals surface area (Å²) in [6, 6.07) is -0.889. The first-order valence-electron chi connectivity index (χ1n) is 25.4.